The van der Waals surface area contributed by atoms with Crippen LogP contribution in [-0.4, -0.2) is 12.2 Å². The van der Waals surface area contributed by atoms with Gasteiger partial charge in [-0.05, 0) is 48.8 Å². The Balaban J connectivity index is 1.96. The minimum atomic E-state index is -0.387. The Labute approximate surface area is 132 Å². The SMILES string of the molecule is CC1CCC(C(C)C)C(OC(=O)Nc2cccc(Cl)c2)C1. The van der Waals surface area contributed by atoms with Crippen molar-refractivity contribution in [2.24, 2.45) is 17.8 Å². The fraction of sp³-hybridized carbons (Fsp3) is 0.588. The molecular formula is C17H24ClNO2. The molecule has 1 aromatic rings. The minimum Gasteiger partial charge on any atom is -0.446 e. The van der Waals surface area contributed by atoms with Crippen molar-refractivity contribution in [3.05, 3.63) is 29.3 Å². The molecule has 0 heterocycles. The lowest BCUT2D eigenvalue weighted by molar-refractivity contribution is 0.0126. The zero-order valence-electron chi connectivity index (χ0n) is 12.9. The second-order valence-corrected chi connectivity index (χ2v) is 6.84. The molecule has 4 heteroatoms. The number of carbonyl (C=O) groups is 1. The van der Waals surface area contributed by atoms with Crippen LogP contribution in [0.5, 0.6) is 0 Å². The van der Waals surface area contributed by atoms with E-state index < -0.39 is 0 Å². The molecule has 3 atom stereocenters. The quantitative estimate of drug-likeness (QED) is 0.817. The first-order valence-electron chi connectivity index (χ1n) is 7.69. The molecule has 1 aliphatic carbocycles. The second-order valence-electron chi connectivity index (χ2n) is 6.41. The van der Waals surface area contributed by atoms with Gasteiger partial charge in [0, 0.05) is 10.7 Å². The fourth-order valence-corrected chi connectivity index (χ4v) is 3.29. The van der Waals surface area contributed by atoms with E-state index in [1.165, 1.54) is 6.42 Å². The third kappa shape index (κ3) is 4.63. The van der Waals surface area contributed by atoms with Gasteiger partial charge in [-0.1, -0.05) is 44.9 Å². The normalized spacial score (nSPS) is 25.7. The van der Waals surface area contributed by atoms with Crippen molar-refractivity contribution in [2.45, 2.75) is 46.1 Å². The number of carbonyl (C=O) groups excluding carboxylic acids is 1. The van der Waals surface area contributed by atoms with Gasteiger partial charge in [-0.2, -0.15) is 0 Å². The summed E-state index contributed by atoms with van der Waals surface area (Å²) in [6, 6.07) is 7.09. The van der Waals surface area contributed by atoms with Gasteiger partial charge in [0.05, 0.1) is 0 Å². The van der Waals surface area contributed by atoms with Crippen molar-refractivity contribution in [3.63, 3.8) is 0 Å². The Morgan fingerprint density at radius 3 is 2.81 bits per heavy atom. The smallest absolute Gasteiger partial charge is 0.411 e. The van der Waals surface area contributed by atoms with Crippen LogP contribution in [0.2, 0.25) is 5.02 Å². The molecule has 21 heavy (non-hydrogen) atoms. The maximum atomic E-state index is 12.1. The lowest BCUT2D eigenvalue weighted by atomic mass is 9.75. The first-order valence-corrected chi connectivity index (χ1v) is 8.06. The van der Waals surface area contributed by atoms with Gasteiger partial charge in [0.25, 0.3) is 0 Å². The van der Waals surface area contributed by atoms with Crippen LogP contribution in [0.3, 0.4) is 0 Å². The van der Waals surface area contributed by atoms with Crippen LogP contribution >= 0.6 is 11.6 Å². The fourth-order valence-electron chi connectivity index (χ4n) is 3.10. The standard InChI is InChI=1S/C17H24ClNO2/c1-11(2)15-8-7-12(3)9-16(15)21-17(20)19-14-6-4-5-13(18)10-14/h4-6,10-12,15-16H,7-9H2,1-3H3,(H,19,20). The highest BCUT2D eigenvalue weighted by Gasteiger charge is 2.33. The highest BCUT2D eigenvalue weighted by Crippen LogP contribution is 2.35. The molecule has 0 saturated heterocycles. The molecule has 3 unspecified atom stereocenters. The first kappa shape index (κ1) is 16.2. The molecule has 0 spiro atoms. The zero-order chi connectivity index (χ0) is 15.4. The predicted molar refractivity (Wildman–Crippen MR) is 86.7 cm³/mol. The first-order chi connectivity index (χ1) is 9.95. The van der Waals surface area contributed by atoms with Crippen molar-refractivity contribution in [2.75, 3.05) is 5.32 Å². The van der Waals surface area contributed by atoms with E-state index in [0.29, 0.717) is 28.5 Å². The van der Waals surface area contributed by atoms with E-state index in [2.05, 4.69) is 26.1 Å². The maximum Gasteiger partial charge on any atom is 0.411 e. The monoisotopic (exact) mass is 309 g/mol. The van der Waals surface area contributed by atoms with Gasteiger partial charge in [-0.15, -0.1) is 0 Å². The lowest BCUT2D eigenvalue weighted by Crippen LogP contribution is -2.36. The van der Waals surface area contributed by atoms with Crippen LogP contribution in [0.1, 0.15) is 40.0 Å². The number of nitrogens with one attached hydrogen (secondary N) is 1. The summed E-state index contributed by atoms with van der Waals surface area (Å²) in [5, 5.41) is 3.36. The average Bonchev–Trinajstić information content (AvgIpc) is 2.38. The van der Waals surface area contributed by atoms with Crippen LogP contribution in [0.15, 0.2) is 24.3 Å². The summed E-state index contributed by atoms with van der Waals surface area (Å²) in [4.78, 5) is 12.1. The van der Waals surface area contributed by atoms with E-state index in [1.54, 1.807) is 24.3 Å². The van der Waals surface area contributed by atoms with Gasteiger partial charge in [-0.25, -0.2) is 4.79 Å². The minimum absolute atomic E-state index is 0.00735. The number of halogens is 1. The summed E-state index contributed by atoms with van der Waals surface area (Å²) in [6.45, 7) is 6.62. The van der Waals surface area contributed by atoms with Crippen molar-refractivity contribution in [1.82, 2.24) is 0 Å². The molecule has 2 rings (SSSR count). The highest BCUT2D eigenvalue weighted by atomic mass is 35.5. The van der Waals surface area contributed by atoms with Gasteiger partial charge in [0.1, 0.15) is 6.10 Å². The summed E-state index contributed by atoms with van der Waals surface area (Å²) in [7, 11) is 0. The number of anilines is 1. The van der Waals surface area contributed by atoms with Crippen molar-refractivity contribution in [3.8, 4) is 0 Å². The molecule has 1 aliphatic rings. The van der Waals surface area contributed by atoms with Gasteiger partial charge >= 0.3 is 6.09 Å². The van der Waals surface area contributed by atoms with Crippen LogP contribution < -0.4 is 5.32 Å². The molecule has 1 amide bonds. The number of ether oxygens (including phenoxy) is 1. The van der Waals surface area contributed by atoms with E-state index in [1.807, 2.05) is 0 Å². The second kappa shape index (κ2) is 7.17. The van der Waals surface area contributed by atoms with Gasteiger partial charge in [-0.3, -0.25) is 5.32 Å². The Morgan fingerprint density at radius 2 is 2.14 bits per heavy atom. The Bertz CT molecular complexity index is 489. The zero-order valence-corrected chi connectivity index (χ0v) is 13.7. The molecule has 0 aromatic heterocycles. The Kier molecular flexibility index (Phi) is 5.51. The van der Waals surface area contributed by atoms with E-state index in [9.17, 15) is 4.79 Å². The highest BCUT2D eigenvalue weighted by molar-refractivity contribution is 6.30. The summed E-state index contributed by atoms with van der Waals surface area (Å²) < 4.78 is 5.69. The number of hydrogen-bond donors (Lipinski definition) is 1. The predicted octanol–water partition coefficient (Wildman–Crippen LogP) is 5.35. The topological polar surface area (TPSA) is 38.3 Å². The largest absolute Gasteiger partial charge is 0.446 e. The maximum absolute atomic E-state index is 12.1. The van der Waals surface area contributed by atoms with E-state index >= 15 is 0 Å². The molecule has 0 aliphatic heterocycles. The Hall–Kier alpha value is -1.22. The average molecular weight is 310 g/mol. The van der Waals surface area contributed by atoms with Crippen LogP contribution in [0.4, 0.5) is 10.5 Å². The summed E-state index contributed by atoms with van der Waals surface area (Å²) in [6.07, 6.45) is 2.92. The van der Waals surface area contributed by atoms with Crippen molar-refractivity contribution in [1.29, 1.82) is 0 Å². The molecule has 116 valence electrons. The molecule has 0 radical (unpaired) electrons. The number of hydrogen-bond acceptors (Lipinski definition) is 2. The summed E-state index contributed by atoms with van der Waals surface area (Å²) in [5.74, 6) is 1.59. The third-order valence-electron chi connectivity index (χ3n) is 4.29. The summed E-state index contributed by atoms with van der Waals surface area (Å²) >= 11 is 5.91. The number of amides is 1. The number of rotatable bonds is 3. The van der Waals surface area contributed by atoms with E-state index in [-0.39, 0.29) is 12.2 Å². The molecule has 1 N–H and O–H groups in total. The molecule has 0 bridgehead atoms. The lowest BCUT2D eigenvalue weighted by Gasteiger charge is -2.36. The van der Waals surface area contributed by atoms with E-state index in [4.69, 9.17) is 16.3 Å². The molecule has 1 saturated carbocycles. The van der Waals surface area contributed by atoms with Gasteiger partial charge < -0.3 is 4.74 Å². The molecule has 1 aromatic carbocycles. The van der Waals surface area contributed by atoms with Crippen LogP contribution in [-0.2, 0) is 4.74 Å². The molecule has 1 fully saturated rings. The van der Waals surface area contributed by atoms with E-state index in [0.717, 1.165) is 12.8 Å². The van der Waals surface area contributed by atoms with Gasteiger partial charge in [0.15, 0.2) is 0 Å². The van der Waals surface area contributed by atoms with Crippen molar-refractivity contribution < 1.29 is 9.53 Å². The van der Waals surface area contributed by atoms with Crippen LogP contribution in [0.25, 0.3) is 0 Å². The van der Waals surface area contributed by atoms with Crippen LogP contribution in [0, 0.1) is 17.8 Å². The van der Waals surface area contributed by atoms with Gasteiger partial charge in [0.2, 0.25) is 0 Å². The Morgan fingerprint density at radius 1 is 1.38 bits per heavy atom. The summed E-state index contributed by atoms with van der Waals surface area (Å²) in [5.41, 5.74) is 0.664. The third-order valence-corrected chi connectivity index (χ3v) is 4.53. The molecular weight excluding hydrogens is 286 g/mol. The van der Waals surface area contributed by atoms with Crippen molar-refractivity contribution >= 4 is 23.4 Å². The molecule has 3 nitrogen and oxygen atoms in total. The number of benzene rings is 1.